The zero-order valence-corrected chi connectivity index (χ0v) is 18.2. The minimum Gasteiger partial charge on any atom is -0.491 e. The van der Waals surface area contributed by atoms with Crippen molar-refractivity contribution in [3.05, 3.63) is 66.0 Å². The van der Waals surface area contributed by atoms with E-state index in [0.717, 1.165) is 22.4 Å². The lowest BCUT2D eigenvalue weighted by atomic mass is 9.93. The average Bonchev–Trinajstić information content (AvgIpc) is 2.88. The van der Waals surface area contributed by atoms with Gasteiger partial charge >= 0.3 is 0 Å². The Labute approximate surface area is 193 Å². The van der Waals surface area contributed by atoms with Crippen molar-refractivity contribution in [3.63, 3.8) is 0 Å². The first-order valence-electron chi connectivity index (χ1n) is 10.5. The Morgan fingerprint density at radius 3 is 2.62 bits per heavy atom. The molecule has 0 radical (unpaired) electrons. The molecule has 0 spiro atoms. The predicted octanol–water partition coefficient (Wildman–Crippen LogP) is 3.87. The van der Waals surface area contributed by atoms with Crippen LogP contribution in [0.3, 0.4) is 0 Å². The van der Waals surface area contributed by atoms with Crippen molar-refractivity contribution >= 4 is 5.91 Å². The molecule has 0 aliphatic carbocycles. The van der Waals surface area contributed by atoms with Crippen molar-refractivity contribution in [1.29, 1.82) is 0 Å². The highest BCUT2D eigenvalue weighted by atomic mass is 19.2. The second-order valence-corrected chi connectivity index (χ2v) is 7.58. The van der Waals surface area contributed by atoms with Crippen molar-refractivity contribution < 1.29 is 32.2 Å². The van der Waals surface area contributed by atoms with Gasteiger partial charge in [-0.05, 0) is 23.8 Å². The Morgan fingerprint density at radius 2 is 1.94 bits per heavy atom. The number of fused-ring (bicyclic) bond motifs is 1. The third kappa shape index (κ3) is 5.22. The molecule has 2 unspecified atom stereocenters. The SMILES string of the molecule is COc1ccc(-c2cccc3c2C[C@H](NC(=O)c2ccc(OC(F)C(F)CF)nc2)CO3)cn1. The Hall–Kier alpha value is -3.82. The molecule has 1 aromatic carbocycles. The number of alkyl halides is 3. The Balaban J connectivity index is 1.43. The van der Waals surface area contributed by atoms with E-state index in [-0.39, 0.29) is 24.1 Å². The average molecular weight is 473 g/mol. The lowest BCUT2D eigenvalue weighted by Crippen LogP contribution is -2.42. The highest BCUT2D eigenvalue weighted by Crippen LogP contribution is 2.34. The molecule has 1 N–H and O–H groups in total. The fourth-order valence-corrected chi connectivity index (χ4v) is 3.54. The van der Waals surface area contributed by atoms with Crippen molar-refractivity contribution in [2.75, 3.05) is 20.4 Å². The van der Waals surface area contributed by atoms with Crippen LogP contribution in [0, 0.1) is 0 Å². The summed E-state index contributed by atoms with van der Waals surface area (Å²) < 4.78 is 54.1. The van der Waals surface area contributed by atoms with Crippen LogP contribution >= 0.6 is 0 Å². The predicted molar refractivity (Wildman–Crippen MR) is 117 cm³/mol. The van der Waals surface area contributed by atoms with Gasteiger partial charge in [-0.25, -0.2) is 18.7 Å². The normalized spacial score (nSPS) is 16.5. The zero-order chi connectivity index (χ0) is 24.1. The van der Waals surface area contributed by atoms with Crippen LogP contribution in [-0.4, -0.2) is 54.8 Å². The van der Waals surface area contributed by atoms with Gasteiger partial charge in [0.05, 0.1) is 18.7 Å². The van der Waals surface area contributed by atoms with Crippen LogP contribution in [0.5, 0.6) is 17.5 Å². The molecule has 0 saturated carbocycles. The fraction of sp³-hybridized carbons (Fsp3) is 0.292. The standard InChI is InChI=1S/C24H22F3N3O4/c1-32-21-7-5-14(11-28-21)17-3-2-4-20-18(17)9-16(13-33-20)30-24(31)15-6-8-22(29-12-15)34-23(27)19(26)10-25/h2-8,11-12,16,19,23H,9-10,13H2,1H3,(H,30,31)/t16-,19?,23?/m0/s1. The quantitative estimate of drug-likeness (QED) is 0.535. The number of ether oxygens (including phenoxy) is 3. The summed E-state index contributed by atoms with van der Waals surface area (Å²) in [6, 6.07) is 11.7. The summed E-state index contributed by atoms with van der Waals surface area (Å²) in [5, 5.41) is 2.90. The number of carbonyl (C=O) groups is 1. The van der Waals surface area contributed by atoms with Crippen LogP contribution in [0.1, 0.15) is 15.9 Å². The van der Waals surface area contributed by atoms with Gasteiger partial charge in [-0.15, -0.1) is 0 Å². The number of benzene rings is 1. The fourth-order valence-electron chi connectivity index (χ4n) is 3.54. The Bertz CT molecular complexity index is 1130. The van der Waals surface area contributed by atoms with Crippen molar-refractivity contribution in [3.8, 4) is 28.6 Å². The van der Waals surface area contributed by atoms with Crippen molar-refractivity contribution in [1.82, 2.24) is 15.3 Å². The minimum atomic E-state index is -2.48. The third-order valence-electron chi connectivity index (χ3n) is 5.28. The van der Waals surface area contributed by atoms with Crippen LogP contribution < -0.4 is 19.5 Å². The lowest BCUT2D eigenvalue weighted by Gasteiger charge is -2.28. The van der Waals surface area contributed by atoms with Crippen LogP contribution in [0.15, 0.2) is 54.9 Å². The van der Waals surface area contributed by atoms with Gasteiger partial charge < -0.3 is 19.5 Å². The molecule has 0 bridgehead atoms. The van der Waals surface area contributed by atoms with E-state index in [1.807, 2.05) is 24.3 Å². The molecule has 3 atom stereocenters. The second-order valence-electron chi connectivity index (χ2n) is 7.58. The van der Waals surface area contributed by atoms with Gasteiger partial charge in [0.1, 0.15) is 19.0 Å². The molecule has 34 heavy (non-hydrogen) atoms. The Morgan fingerprint density at radius 1 is 1.15 bits per heavy atom. The molecular weight excluding hydrogens is 451 g/mol. The summed E-state index contributed by atoms with van der Waals surface area (Å²) in [5.74, 6) is 0.576. The number of methoxy groups -OCH3 is 1. The number of pyridine rings is 2. The van der Waals surface area contributed by atoms with E-state index in [0.29, 0.717) is 12.3 Å². The molecule has 0 fully saturated rings. The summed E-state index contributed by atoms with van der Waals surface area (Å²) in [4.78, 5) is 20.7. The van der Waals surface area contributed by atoms with Crippen LogP contribution in [-0.2, 0) is 6.42 Å². The number of nitrogens with zero attached hydrogens (tertiary/aromatic N) is 2. The number of aromatic nitrogens is 2. The number of rotatable bonds is 8. The van der Waals surface area contributed by atoms with Gasteiger partial charge in [0.2, 0.25) is 11.8 Å². The first-order chi connectivity index (χ1) is 16.5. The molecule has 7 nitrogen and oxygen atoms in total. The molecular formula is C24H22F3N3O4. The van der Waals surface area contributed by atoms with Crippen LogP contribution in [0.2, 0.25) is 0 Å². The molecule has 3 aromatic rings. The maximum absolute atomic E-state index is 13.4. The molecule has 4 rings (SSSR count). The summed E-state index contributed by atoms with van der Waals surface area (Å²) in [6.07, 6.45) is -1.47. The topological polar surface area (TPSA) is 82.6 Å². The number of amides is 1. The van der Waals surface area contributed by atoms with E-state index < -0.39 is 25.1 Å². The summed E-state index contributed by atoms with van der Waals surface area (Å²) >= 11 is 0. The molecule has 1 aliphatic rings. The molecule has 178 valence electrons. The largest absolute Gasteiger partial charge is 0.491 e. The molecule has 1 amide bonds. The van der Waals surface area contributed by atoms with Crippen LogP contribution in [0.4, 0.5) is 13.2 Å². The minimum absolute atomic E-state index is 0.198. The van der Waals surface area contributed by atoms with Gasteiger partial charge in [-0.2, -0.15) is 4.39 Å². The van der Waals surface area contributed by atoms with Gasteiger partial charge in [0, 0.05) is 42.1 Å². The van der Waals surface area contributed by atoms with E-state index in [2.05, 4.69) is 20.0 Å². The molecule has 10 heteroatoms. The highest BCUT2D eigenvalue weighted by molar-refractivity contribution is 5.94. The van der Waals surface area contributed by atoms with Crippen LogP contribution in [0.25, 0.3) is 11.1 Å². The molecule has 3 heterocycles. The number of carbonyl (C=O) groups excluding carboxylic acids is 1. The number of hydrogen-bond acceptors (Lipinski definition) is 6. The maximum Gasteiger partial charge on any atom is 0.273 e. The zero-order valence-electron chi connectivity index (χ0n) is 18.2. The molecule has 1 aliphatic heterocycles. The number of nitrogens with one attached hydrogen (secondary N) is 1. The van der Waals surface area contributed by atoms with E-state index in [1.54, 1.807) is 19.4 Å². The van der Waals surface area contributed by atoms with E-state index >= 15 is 0 Å². The van der Waals surface area contributed by atoms with Gasteiger partial charge in [-0.1, -0.05) is 12.1 Å². The second kappa shape index (κ2) is 10.4. The van der Waals surface area contributed by atoms with Gasteiger partial charge in [-0.3, -0.25) is 4.79 Å². The maximum atomic E-state index is 13.4. The van der Waals surface area contributed by atoms with Crippen molar-refractivity contribution in [2.24, 2.45) is 0 Å². The molecule has 2 aromatic heterocycles. The smallest absolute Gasteiger partial charge is 0.273 e. The first kappa shape index (κ1) is 23.3. The molecule has 0 saturated heterocycles. The van der Waals surface area contributed by atoms with Gasteiger partial charge in [0.25, 0.3) is 12.3 Å². The van der Waals surface area contributed by atoms with Crippen molar-refractivity contribution in [2.45, 2.75) is 25.0 Å². The summed E-state index contributed by atoms with van der Waals surface area (Å²) in [7, 11) is 1.55. The van der Waals surface area contributed by atoms with E-state index in [1.165, 1.54) is 18.3 Å². The van der Waals surface area contributed by atoms with Gasteiger partial charge in [0.15, 0.2) is 6.17 Å². The summed E-state index contributed by atoms with van der Waals surface area (Å²) in [6.45, 7) is -1.23. The number of halogens is 3. The summed E-state index contributed by atoms with van der Waals surface area (Å²) in [5.41, 5.74) is 2.97. The third-order valence-corrected chi connectivity index (χ3v) is 5.28. The van der Waals surface area contributed by atoms with E-state index in [9.17, 15) is 18.0 Å². The Kier molecular flexibility index (Phi) is 7.15. The monoisotopic (exact) mass is 473 g/mol. The number of hydrogen-bond donors (Lipinski definition) is 1. The lowest BCUT2D eigenvalue weighted by molar-refractivity contribution is -0.0177. The highest BCUT2D eigenvalue weighted by Gasteiger charge is 2.25. The van der Waals surface area contributed by atoms with E-state index in [4.69, 9.17) is 9.47 Å². The first-order valence-corrected chi connectivity index (χ1v) is 10.5.